The maximum Gasteiger partial charge on any atom is 0.221 e. The van der Waals surface area contributed by atoms with Crippen molar-refractivity contribution in [3.8, 4) is 5.75 Å². The lowest BCUT2D eigenvalue weighted by molar-refractivity contribution is -0.114. The summed E-state index contributed by atoms with van der Waals surface area (Å²) >= 11 is 3.55. The van der Waals surface area contributed by atoms with Gasteiger partial charge in [0.05, 0.1) is 11.6 Å². The summed E-state index contributed by atoms with van der Waals surface area (Å²) in [5.41, 5.74) is 8.93. The minimum Gasteiger partial charge on any atom is -0.496 e. The van der Waals surface area contributed by atoms with Crippen LogP contribution in [0.1, 0.15) is 24.5 Å². The Hall–Kier alpha value is -1.89. The lowest BCUT2D eigenvalue weighted by Crippen LogP contribution is -2.25. The lowest BCUT2D eigenvalue weighted by atomic mass is 10.1. The number of hydrogen-bond donors (Lipinski definition) is 2. The van der Waals surface area contributed by atoms with Crippen molar-refractivity contribution in [2.45, 2.75) is 26.4 Å². The molecule has 6 heteroatoms. The van der Waals surface area contributed by atoms with E-state index >= 15 is 0 Å². The van der Waals surface area contributed by atoms with Crippen LogP contribution < -0.4 is 15.8 Å². The van der Waals surface area contributed by atoms with Crippen LogP contribution >= 0.6 is 15.9 Å². The number of carbonyl (C=O) groups is 1. The van der Waals surface area contributed by atoms with Crippen LogP contribution in [0.5, 0.6) is 5.75 Å². The Morgan fingerprint density at radius 2 is 1.81 bits per heavy atom. The summed E-state index contributed by atoms with van der Waals surface area (Å²) in [4.78, 5) is 13.5. The van der Waals surface area contributed by atoms with Gasteiger partial charge in [-0.15, -0.1) is 0 Å². The summed E-state index contributed by atoms with van der Waals surface area (Å²) in [5, 5.41) is 2.79. The smallest absolute Gasteiger partial charge is 0.221 e. The monoisotopic (exact) mass is 419 g/mol. The van der Waals surface area contributed by atoms with E-state index in [1.54, 1.807) is 7.11 Å². The highest BCUT2D eigenvalue weighted by Gasteiger charge is 2.09. The first kappa shape index (κ1) is 20.4. The number of rotatable bonds is 9. The van der Waals surface area contributed by atoms with E-state index in [9.17, 15) is 4.79 Å². The number of hydrogen-bond acceptors (Lipinski definition) is 4. The van der Waals surface area contributed by atoms with Crippen molar-refractivity contribution in [3.63, 3.8) is 0 Å². The number of amides is 1. The van der Waals surface area contributed by atoms with Crippen LogP contribution in [-0.2, 0) is 17.9 Å². The quantitative estimate of drug-likeness (QED) is 0.648. The number of ether oxygens (including phenoxy) is 1. The second-order valence-electron chi connectivity index (χ2n) is 6.20. The second-order valence-corrected chi connectivity index (χ2v) is 7.05. The Morgan fingerprint density at radius 3 is 2.38 bits per heavy atom. The fourth-order valence-corrected chi connectivity index (χ4v) is 3.34. The molecule has 0 bridgehead atoms. The summed E-state index contributed by atoms with van der Waals surface area (Å²) in [6.45, 7) is 4.76. The number of methoxy groups -OCH3 is 1. The van der Waals surface area contributed by atoms with Gasteiger partial charge >= 0.3 is 0 Å². The first-order valence-corrected chi connectivity index (χ1v) is 9.42. The first-order valence-electron chi connectivity index (χ1n) is 8.63. The Morgan fingerprint density at radius 1 is 1.15 bits per heavy atom. The van der Waals surface area contributed by atoms with Crippen LogP contribution in [0.3, 0.4) is 0 Å². The molecule has 0 atom stereocenters. The molecular formula is C20H26BrN3O2. The van der Waals surface area contributed by atoms with Gasteiger partial charge in [0.1, 0.15) is 5.75 Å². The molecule has 3 N–H and O–H groups in total. The fourth-order valence-electron chi connectivity index (χ4n) is 2.75. The van der Waals surface area contributed by atoms with Crippen molar-refractivity contribution in [1.29, 1.82) is 0 Å². The van der Waals surface area contributed by atoms with E-state index in [4.69, 9.17) is 10.5 Å². The molecule has 0 aliphatic carbocycles. The van der Waals surface area contributed by atoms with Crippen molar-refractivity contribution >= 4 is 27.5 Å². The Kier molecular flexibility index (Phi) is 8.09. The highest BCUT2D eigenvalue weighted by Crippen LogP contribution is 2.26. The van der Waals surface area contributed by atoms with Crippen LogP contribution in [0.4, 0.5) is 5.69 Å². The second kappa shape index (κ2) is 10.3. The largest absolute Gasteiger partial charge is 0.496 e. The normalized spacial score (nSPS) is 10.8. The molecule has 0 spiro atoms. The molecule has 0 unspecified atom stereocenters. The summed E-state index contributed by atoms with van der Waals surface area (Å²) in [5.74, 6) is 0.767. The molecule has 5 nitrogen and oxygen atoms in total. The summed E-state index contributed by atoms with van der Waals surface area (Å²) < 4.78 is 6.25. The highest BCUT2D eigenvalue weighted by atomic mass is 79.9. The molecule has 0 heterocycles. The number of benzene rings is 2. The number of anilines is 1. The third-order valence-electron chi connectivity index (χ3n) is 3.98. The average molecular weight is 420 g/mol. The molecule has 0 aliphatic rings. The van der Waals surface area contributed by atoms with E-state index in [-0.39, 0.29) is 5.91 Å². The van der Waals surface area contributed by atoms with E-state index in [1.807, 2.05) is 30.3 Å². The molecule has 26 heavy (non-hydrogen) atoms. The topological polar surface area (TPSA) is 67.6 Å². The van der Waals surface area contributed by atoms with Gasteiger partial charge in [-0.05, 0) is 64.3 Å². The van der Waals surface area contributed by atoms with E-state index in [1.165, 1.54) is 18.1 Å². The SMILES string of the molecule is COc1ccc(CN(CCCN)Cc2ccc(NC(C)=O)cc2)cc1Br. The molecule has 0 aliphatic heterocycles. The Labute approximate surface area is 163 Å². The lowest BCUT2D eigenvalue weighted by Gasteiger charge is -2.23. The molecule has 0 saturated carbocycles. The number of nitrogens with one attached hydrogen (secondary N) is 1. The molecule has 2 aromatic rings. The minimum absolute atomic E-state index is 0.0626. The maximum absolute atomic E-state index is 11.1. The number of carbonyl (C=O) groups excluding carboxylic acids is 1. The molecule has 2 rings (SSSR count). The van der Waals surface area contributed by atoms with Gasteiger partial charge < -0.3 is 15.8 Å². The van der Waals surface area contributed by atoms with Crippen molar-refractivity contribution in [2.24, 2.45) is 5.73 Å². The Balaban J connectivity index is 2.06. The summed E-state index contributed by atoms with van der Waals surface area (Å²) in [6, 6.07) is 14.1. The molecule has 2 aromatic carbocycles. The number of nitrogens with zero attached hydrogens (tertiary/aromatic N) is 1. The zero-order valence-electron chi connectivity index (χ0n) is 15.3. The molecule has 0 saturated heterocycles. The van der Waals surface area contributed by atoms with Gasteiger partial charge in [0.15, 0.2) is 0 Å². The van der Waals surface area contributed by atoms with Crippen molar-refractivity contribution in [1.82, 2.24) is 4.90 Å². The Bertz CT molecular complexity index is 719. The molecule has 0 aromatic heterocycles. The predicted molar refractivity (Wildman–Crippen MR) is 109 cm³/mol. The predicted octanol–water partition coefficient (Wildman–Crippen LogP) is 3.77. The van der Waals surface area contributed by atoms with Gasteiger partial charge in [-0.1, -0.05) is 18.2 Å². The third-order valence-corrected chi connectivity index (χ3v) is 4.60. The molecule has 0 radical (unpaired) electrons. The summed E-state index contributed by atoms with van der Waals surface area (Å²) in [7, 11) is 1.66. The van der Waals surface area contributed by atoms with Gasteiger partial charge in [0, 0.05) is 32.2 Å². The van der Waals surface area contributed by atoms with Crippen LogP contribution in [0, 0.1) is 0 Å². The fraction of sp³-hybridized carbons (Fsp3) is 0.350. The van der Waals surface area contributed by atoms with E-state index in [2.05, 4.69) is 38.3 Å². The van der Waals surface area contributed by atoms with Crippen LogP contribution in [0.2, 0.25) is 0 Å². The van der Waals surface area contributed by atoms with Gasteiger partial charge in [0.2, 0.25) is 5.91 Å². The zero-order chi connectivity index (χ0) is 18.9. The molecule has 1 amide bonds. The molecule has 0 fully saturated rings. The first-order chi connectivity index (χ1) is 12.5. The van der Waals surface area contributed by atoms with Crippen molar-refractivity contribution < 1.29 is 9.53 Å². The standard InChI is InChI=1S/C20H26BrN3O2/c1-15(25)23-18-7-4-16(5-8-18)13-24(11-3-10-22)14-17-6-9-20(26-2)19(21)12-17/h4-9,12H,3,10-11,13-14,22H2,1-2H3,(H,23,25). The van der Waals surface area contributed by atoms with Crippen LogP contribution in [-0.4, -0.2) is 31.0 Å². The highest BCUT2D eigenvalue weighted by molar-refractivity contribution is 9.10. The van der Waals surface area contributed by atoms with Gasteiger partial charge in [-0.25, -0.2) is 0 Å². The van der Waals surface area contributed by atoms with E-state index in [0.717, 1.165) is 42.0 Å². The van der Waals surface area contributed by atoms with Crippen molar-refractivity contribution in [2.75, 3.05) is 25.5 Å². The van der Waals surface area contributed by atoms with E-state index < -0.39 is 0 Å². The zero-order valence-corrected chi connectivity index (χ0v) is 16.9. The average Bonchev–Trinajstić information content (AvgIpc) is 2.61. The molecule has 140 valence electrons. The van der Waals surface area contributed by atoms with Gasteiger partial charge in [-0.2, -0.15) is 0 Å². The van der Waals surface area contributed by atoms with Crippen LogP contribution in [0.25, 0.3) is 0 Å². The molecular weight excluding hydrogens is 394 g/mol. The van der Waals surface area contributed by atoms with Crippen LogP contribution in [0.15, 0.2) is 46.9 Å². The number of halogens is 1. The summed E-state index contributed by atoms with van der Waals surface area (Å²) in [6.07, 6.45) is 0.946. The third kappa shape index (κ3) is 6.44. The van der Waals surface area contributed by atoms with Gasteiger partial charge in [-0.3, -0.25) is 9.69 Å². The van der Waals surface area contributed by atoms with Crippen molar-refractivity contribution in [3.05, 3.63) is 58.1 Å². The number of nitrogens with two attached hydrogens (primary N) is 1. The maximum atomic E-state index is 11.1. The van der Waals surface area contributed by atoms with E-state index in [0.29, 0.717) is 6.54 Å². The van der Waals surface area contributed by atoms with Gasteiger partial charge in [0.25, 0.3) is 0 Å². The minimum atomic E-state index is -0.0626.